The Kier molecular flexibility index (Phi) is 9.44. The van der Waals surface area contributed by atoms with Gasteiger partial charge in [-0.05, 0) is 31.2 Å². The van der Waals surface area contributed by atoms with Gasteiger partial charge in [-0.3, -0.25) is 0 Å². The Bertz CT molecular complexity index is 610. The summed E-state index contributed by atoms with van der Waals surface area (Å²) >= 11 is 0. The predicted octanol–water partition coefficient (Wildman–Crippen LogP) is 0.663. The molecule has 0 aliphatic heterocycles. The van der Waals surface area contributed by atoms with Crippen LogP contribution in [0, 0.1) is 6.92 Å². The highest BCUT2D eigenvalue weighted by atomic mass is 16.6. The van der Waals surface area contributed by atoms with E-state index in [0.29, 0.717) is 57.9 Å². The molecule has 0 spiro atoms. The van der Waals surface area contributed by atoms with Crippen molar-refractivity contribution in [1.82, 2.24) is 20.4 Å². The number of rotatable bonds is 13. The van der Waals surface area contributed by atoms with Crippen molar-refractivity contribution >= 4 is 0 Å². The molecule has 0 saturated heterocycles. The van der Waals surface area contributed by atoms with Gasteiger partial charge >= 0.3 is 0 Å². The summed E-state index contributed by atoms with van der Waals surface area (Å²) in [6.45, 7) is 4.97. The van der Waals surface area contributed by atoms with Crippen LogP contribution in [0.3, 0.4) is 0 Å². The number of benzene rings is 1. The third kappa shape index (κ3) is 7.79. The summed E-state index contributed by atoms with van der Waals surface area (Å²) in [6, 6.07) is 7.40. The third-order valence-electron chi connectivity index (χ3n) is 3.17. The van der Waals surface area contributed by atoms with Gasteiger partial charge in [0.2, 0.25) is 5.82 Å². The molecule has 1 heterocycles. The normalized spacial score (nSPS) is 10.8. The van der Waals surface area contributed by atoms with Gasteiger partial charge in [0.1, 0.15) is 12.4 Å². The second kappa shape index (κ2) is 12.2. The minimum Gasteiger partial charge on any atom is -0.491 e. The first kappa shape index (κ1) is 20.1. The second-order valence-corrected chi connectivity index (χ2v) is 5.20. The molecule has 2 aromatic rings. The number of ether oxygens (including phenoxy) is 4. The van der Waals surface area contributed by atoms with Gasteiger partial charge in [0.15, 0.2) is 5.82 Å². The third-order valence-corrected chi connectivity index (χ3v) is 3.17. The zero-order chi connectivity index (χ0) is 18.5. The van der Waals surface area contributed by atoms with Gasteiger partial charge in [0.25, 0.3) is 0 Å². The standard InChI is InChI=1S/C17H24N4O5/c1-14-18-20-17(21-19-14)15-2-4-16(5-3-15)26-13-12-25-11-10-24-9-8-23-7-6-22/h2-5,22H,6-13H2,1H3. The van der Waals surface area contributed by atoms with E-state index in [9.17, 15) is 0 Å². The fourth-order valence-corrected chi connectivity index (χ4v) is 1.92. The lowest BCUT2D eigenvalue weighted by atomic mass is 10.2. The highest BCUT2D eigenvalue weighted by Gasteiger charge is 2.03. The van der Waals surface area contributed by atoms with Crippen molar-refractivity contribution in [2.75, 3.05) is 52.9 Å². The Morgan fingerprint density at radius 1 is 0.731 bits per heavy atom. The van der Waals surface area contributed by atoms with Gasteiger partial charge in [-0.15, -0.1) is 20.4 Å². The number of hydrogen-bond donors (Lipinski definition) is 1. The van der Waals surface area contributed by atoms with Crippen molar-refractivity contribution in [2.45, 2.75) is 6.92 Å². The minimum atomic E-state index is 0.0278. The zero-order valence-corrected chi connectivity index (χ0v) is 14.8. The van der Waals surface area contributed by atoms with Crippen molar-refractivity contribution in [1.29, 1.82) is 0 Å². The molecule has 0 aliphatic rings. The Hall–Kier alpha value is -2.20. The number of aliphatic hydroxyl groups excluding tert-OH is 1. The van der Waals surface area contributed by atoms with Crippen LogP contribution in [0.4, 0.5) is 0 Å². The molecule has 142 valence electrons. The molecule has 0 unspecified atom stereocenters. The van der Waals surface area contributed by atoms with Gasteiger partial charge in [0, 0.05) is 5.56 Å². The van der Waals surface area contributed by atoms with Crippen LogP contribution in [0.2, 0.25) is 0 Å². The quantitative estimate of drug-likeness (QED) is 0.513. The van der Waals surface area contributed by atoms with Crippen LogP contribution in [0.25, 0.3) is 11.4 Å². The van der Waals surface area contributed by atoms with Crippen molar-refractivity contribution in [3.05, 3.63) is 30.1 Å². The summed E-state index contributed by atoms with van der Waals surface area (Å²) in [5, 5.41) is 24.3. The van der Waals surface area contributed by atoms with E-state index in [1.807, 2.05) is 24.3 Å². The van der Waals surface area contributed by atoms with Crippen molar-refractivity contribution in [3.8, 4) is 17.1 Å². The van der Waals surface area contributed by atoms with Crippen LogP contribution in [-0.2, 0) is 14.2 Å². The first-order chi connectivity index (χ1) is 12.8. The average Bonchev–Trinajstić information content (AvgIpc) is 2.67. The predicted molar refractivity (Wildman–Crippen MR) is 92.8 cm³/mol. The molecule has 26 heavy (non-hydrogen) atoms. The summed E-state index contributed by atoms with van der Waals surface area (Å²) in [4.78, 5) is 0. The van der Waals surface area contributed by atoms with Crippen LogP contribution in [0.15, 0.2) is 24.3 Å². The van der Waals surface area contributed by atoms with Gasteiger partial charge < -0.3 is 24.1 Å². The molecule has 0 amide bonds. The molecule has 0 atom stereocenters. The summed E-state index contributed by atoms with van der Waals surface area (Å²) in [5.74, 6) is 1.75. The lowest BCUT2D eigenvalue weighted by Crippen LogP contribution is -2.13. The van der Waals surface area contributed by atoms with Crippen molar-refractivity contribution < 1.29 is 24.1 Å². The topological polar surface area (TPSA) is 109 Å². The molecule has 2 rings (SSSR count). The largest absolute Gasteiger partial charge is 0.491 e. The highest BCUT2D eigenvalue weighted by molar-refractivity contribution is 5.54. The molecule has 0 radical (unpaired) electrons. The fraction of sp³-hybridized carbons (Fsp3) is 0.529. The average molecular weight is 364 g/mol. The molecule has 9 nitrogen and oxygen atoms in total. The molecule has 0 saturated carbocycles. The highest BCUT2D eigenvalue weighted by Crippen LogP contribution is 2.18. The number of aryl methyl sites for hydroxylation is 1. The molecule has 0 bridgehead atoms. The first-order valence-electron chi connectivity index (χ1n) is 8.41. The summed E-state index contributed by atoms with van der Waals surface area (Å²) in [7, 11) is 0. The van der Waals surface area contributed by atoms with Gasteiger partial charge in [-0.25, -0.2) is 0 Å². The summed E-state index contributed by atoms with van der Waals surface area (Å²) < 4.78 is 21.4. The monoisotopic (exact) mass is 364 g/mol. The molecule has 0 aliphatic carbocycles. The van der Waals surface area contributed by atoms with Gasteiger partial charge in [0.05, 0.1) is 46.2 Å². The Balaban J connectivity index is 1.54. The van der Waals surface area contributed by atoms with E-state index in [0.717, 1.165) is 11.3 Å². The van der Waals surface area contributed by atoms with E-state index in [1.54, 1.807) is 6.92 Å². The molecule has 9 heteroatoms. The van der Waals surface area contributed by atoms with Crippen molar-refractivity contribution in [3.63, 3.8) is 0 Å². The lowest BCUT2D eigenvalue weighted by molar-refractivity contribution is 0.00361. The van der Waals surface area contributed by atoms with E-state index in [4.69, 9.17) is 24.1 Å². The van der Waals surface area contributed by atoms with Crippen molar-refractivity contribution in [2.24, 2.45) is 0 Å². The second-order valence-electron chi connectivity index (χ2n) is 5.20. The smallest absolute Gasteiger partial charge is 0.203 e. The lowest BCUT2D eigenvalue weighted by Gasteiger charge is -2.08. The van der Waals surface area contributed by atoms with Crippen LogP contribution >= 0.6 is 0 Å². The van der Waals surface area contributed by atoms with E-state index in [1.165, 1.54) is 0 Å². The first-order valence-corrected chi connectivity index (χ1v) is 8.41. The van der Waals surface area contributed by atoms with E-state index < -0.39 is 0 Å². The number of aromatic nitrogens is 4. The maximum Gasteiger partial charge on any atom is 0.203 e. The van der Waals surface area contributed by atoms with E-state index in [2.05, 4.69) is 20.4 Å². The maximum atomic E-state index is 8.54. The number of aliphatic hydroxyl groups is 1. The number of nitrogens with zero attached hydrogens (tertiary/aromatic N) is 4. The fourth-order valence-electron chi connectivity index (χ4n) is 1.92. The van der Waals surface area contributed by atoms with Crippen LogP contribution in [0.1, 0.15) is 5.82 Å². The molecule has 0 fully saturated rings. The Morgan fingerprint density at radius 3 is 1.85 bits per heavy atom. The molecular weight excluding hydrogens is 340 g/mol. The van der Waals surface area contributed by atoms with E-state index >= 15 is 0 Å². The summed E-state index contributed by atoms with van der Waals surface area (Å²) in [6.07, 6.45) is 0. The summed E-state index contributed by atoms with van der Waals surface area (Å²) in [5.41, 5.74) is 0.828. The Labute approximate surface area is 152 Å². The van der Waals surface area contributed by atoms with Crippen LogP contribution < -0.4 is 4.74 Å². The molecule has 1 aromatic carbocycles. The van der Waals surface area contributed by atoms with E-state index in [-0.39, 0.29) is 6.61 Å². The van der Waals surface area contributed by atoms with Gasteiger partial charge in [-0.1, -0.05) is 0 Å². The maximum absolute atomic E-state index is 8.54. The molecule has 1 aromatic heterocycles. The van der Waals surface area contributed by atoms with Crippen LogP contribution in [-0.4, -0.2) is 78.4 Å². The minimum absolute atomic E-state index is 0.0278. The zero-order valence-electron chi connectivity index (χ0n) is 14.8. The molecule has 1 N–H and O–H groups in total. The van der Waals surface area contributed by atoms with Crippen LogP contribution in [0.5, 0.6) is 5.75 Å². The number of hydrogen-bond acceptors (Lipinski definition) is 9. The SMILES string of the molecule is Cc1nnc(-c2ccc(OCCOCCOCCOCCO)cc2)nn1. The Morgan fingerprint density at radius 2 is 1.27 bits per heavy atom. The molecular formula is C17H24N4O5. The van der Waals surface area contributed by atoms with Gasteiger partial charge in [-0.2, -0.15) is 0 Å².